The highest BCUT2D eigenvalue weighted by Crippen LogP contribution is 1.99. The van der Waals surface area contributed by atoms with Gasteiger partial charge in [-0.2, -0.15) is 4.98 Å². The van der Waals surface area contributed by atoms with Gasteiger partial charge in [-0.15, -0.1) is 0 Å². The highest BCUT2D eigenvalue weighted by molar-refractivity contribution is 4.83. The lowest BCUT2D eigenvalue weighted by atomic mass is 10.1. The number of aromatic nitrogens is 2. The summed E-state index contributed by atoms with van der Waals surface area (Å²) in [5.41, 5.74) is 0. The third kappa shape index (κ3) is 3.43. The van der Waals surface area contributed by atoms with Crippen LogP contribution in [0.25, 0.3) is 0 Å². The summed E-state index contributed by atoms with van der Waals surface area (Å²) in [6.45, 7) is 4.64. The highest BCUT2D eigenvalue weighted by atomic mass is 16.5. The molecule has 1 heterocycles. The smallest absolute Gasteiger partial charge is 0.223 e. The summed E-state index contributed by atoms with van der Waals surface area (Å²) in [5, 5.41) is 15.8. The van der Waals surface area contributed by atoms with Crippen LogP contribution in [0.1, 0.15) is 31.5 Å². The van der Waals surface area contributed by atoms with Crippen LogP contribution in [0.4, 0.5) is 0 Å². The predicted octanol–water partition coefficient (Wildman–Crippen LogP) is 0.629. The molecule has 0 aliphatic carbocycles. The first-order chi connectivity index (χ1) is 6.76. The Labute approximate surface area is 83.5 Å². The molecule has 1 unspecified atom stereocenters. The normalized spacial score (nSPS) is 13.1. The number of aryl methyl sites for hydroxylation is 1. The Balaban J connectivity index is 2.31. The van der Waals surface area contributed by atoms with Gasteiger partial charge < -0.3 is 14.9 Å². The van der Waals surface area contributed by atoms with Gasteiger partial charge in [0.15, 0.2) is 5.82 Å². The predicted molar refractivity (Wildman–Crippen MR) is 51.7 cm³/mol. The number of hydrogen-bond donors (Lipinski definition) is 2. The van der Waals surface area contributed by atoms with Gasteiger partial charge in [-0.3, -0.25) is 0 Å². The molecule has 1 atom stereocenters. The van der Waals surface area contributed by atoms with E-state index in [4.69, 9.17) is 9.63 Å². The van der Waals surface area contributed by atoms with Gasteiger partial charge in [0.25, 0.3) is 0 Å². The molecule has 1 aromatic heterocycles. The lowest BCUT2D eigenvalue weighted by Gasteiger charge is -2.13. The summed E-state index contributed by atoms with van der Waals surface area (Å²) < 4.78 is 4.84. The number of aliphatic hydroxyl groups excluding tert-OH is 1. The molecule has 5 heteroatoms. The van der Waals surface area contributed by atoms with Crippen LogP contribution in [0, 0.1) is 6.92 Å². The summed E-state index contributed by atoms with van der Waals surface area (Å²) in [6, 6.07) is 0.318. The molecule has 2 N–H and O–H groups in total. The second kappa shape index (κ2) is 5.72. The fraction of sp³-hybridized carbons (Fsp3) is 0.778. The molecule has 1 aromatic rings. The zero-order chi connectivity index (χ0) is 10.4. The van der Waals surface area contributed by atoms with Crippen molar-refractivity contribution in [2.75, 3.05) is 6.61 Å². The van der Waals surface area contributed by atoms with Crippen molar-refractivity contribution in [3.63, 3.8) is 0 Å². The average Bonchev–Trinajstić information content (AvgIpc) is 2.59. The van der Waals surface area contributed by atoms with Crippen LogP contribution in [0.3, 0.4) is 0 Å². The Morgan fingerprint density at radius 3 is 2.86 bits per heavy atom. The lowest BCUT2D eigenvalue weighted by Crippen LogP contribution is -2.29. The maximum Gasteiger partial charge on any atom is 0.223 e. The summed E-state index contributed by atoms with van der Waals surface area (Å²) >= 11 is 0. The number of hydrogen-bond acceptors (Lipinski definition) is 5. The molecular formula is C9H17N3O2. The number of rotatable bonds is 6. The summed E-state index contributed by atoms with van der Waals surface area (Å²) in [4.78, 5) is 4.07. The van der Waals surface area contributed by atoms with E-state index < -0.39 is 0 Å². The molecule has 0 aromatic carbocycles. The second-order valence-corrected chi connectivity index (χ2v) is 3.23. The summed E-state index contributed by atoms with van der Waals surface area (Å²) in [7, 11) is 0. The molecule has 0 fully saturated rings. The van der Waals surface area contributed by atoms with Crippen molar-refractivity contribution in [2.45, 2.75) is 39.3 Å². The quantitative estimate of drug-likeness (QED) is 0.703. The number of nitrogens with zero attached hydrogens (tertiary/aromatic N) is 2. The number of nitrogens with one attached hydrogen (secondary N) is 1. The maximum atomic E-state index is 8.78. The van der Waals surface area contributed by atoms with E-state index >= 15 is 0 Å². The van der Waals surface area contributed by atoms with Gasteiger partial charge in [-0.05, 0) is 12.8 Å². The minimum atomic E-state index is 0.205. The van der Waals surface area contributed by atoms with E-state index in [0.29, 0.717) is 24.3 Å². The van der Waals surface area contributed by atoms with Crippen molar-refractivity contribution in [1.82, 2.24) is 15.5 Å². The van der Waals surface area contributed by atoms with Gasteiger partial charge in [0.2, 0.25) is 5.89 Å². The fourth-order valence-corrected chi connectivity index (χ4v) is 1.26. The van der Waals surface area contributed by atoms with Crippen molar-refractivity contribution in [3.8, 4) is 0 Å². The van der Waals surface area contributed by atoms with E-state index in [1.54, 1.807) is 6.92 Å². The van der Waals surface area contributed by atoms with Crippen molar-refractivity contribution >= 4 is 0 Å². The topological polar surface area (TPSA) is 71.2 Å². The summed E-state index contributed by atoms with van der Waals surface area (Å²) in [6.07, 6.45) is 1.74. The molecule has 0 aliphatic rings. The Morgan fingerprint density at radius 2 is 2.36 bits per heavy atom. The monoisotopic (exact) mass is 199 g/mol. The standard InChI is InChI=1S/C9H17N3O2/c1-3-8(4-5-13)10-6-9-11-7(2)14-12-9/h8,10,13H,3-6H2,1-2H3. The Morgan fingerprint density at radius 1 is 1.57 bits per heavy atom. The molecule has 1 rings (SSSR count). The first kappa shape index (κ1) is 11.1. The Hall–Kier alpha value is -0.940. The van der Waals surface area contributed by atoms with Gasteiger partial charge in [-0.1, -0.05) is 12.1 Å². The van der Waals surface area contributed by atoms with Crippen LogP contribution in [0.2, 0.25) is 0 Å². The van der Waals surface area contributed by atoms with Crippen molar-refractivity contribution in [3.05, 3.63) is 11.7 Å². The molecule has 80 valence electrons. The van der Waals surface area contributed by atoms with Crippen LogP contribution in [0.15, 0.2) is 4.52 Å². The van der Waals surface area contributed by atoms with Crippen LogP contribution in [0.5, 0.6) is 0 Å². The zero-order valence-corrected chi connectivity index (χ0v) is 8.66. The van der Waals surface area contributed by atoms with Crippen LogP contribution in [-0.2, 0) is 6.54 Å². The van der Waals surface area contributed by atoms with E-state index in [-0.39, 0.29) is 6.61 Å². The SMILES string of the molecule is CCC(CCO)NCc1noc(C)n1. The van der Waals surface area contributed by atoms with Gasteiger partial charge in [0.1, 0.15) is 0 Å². The van der Waals surface area contributed by atoms with E-state index in [1.807, 2.05) is 0 Å². The highest BCUT2D eigenvalue weighted by Gasteiger charge is 2.07. The third-order valence-corrected chi connectivity index (χ3v) is 2.09. The van der Waals surface area contributed by atoms with Crippen molar-refractivity contribution in [2.24, 2.45) is 0 Å². The molecule has 0 aliphatic heterocycles. The maximum absolute atomic E-state index is 8.78. The Bertz CT molecular complexity index is 262. The molecule has 0 spiro atoms. The molecule has 14 heavy (non-hydrogen) atoms. The average molecular weight is 199 g/mol. The molecule has 0 saturated heterocycles. The first-order valence-corrected chi connectivity index (χ1v) is 4.89. The second-order valence-electron chi connectivity index (χ2n) is 3.23. The summed E-state index contributed by atoms with van der Waals surface area (Å²) in [5.74, 6) is 1.25. The largest absolute Gasteiger partial charge is 0.396 e. The van der Waals surface area contributed by atoms with E-state index in [0.717, 1.165) is 12.8 Å². The minimum Gasteiger partial charge on any atom is -0.396 e. The fourth-order valence-electron chi connectivity index (χ4n) is 1.26. The molecular weight excluding hydrogens is 182 g/mol. The van der Waals surface area contributed by atoms with Gasteiger partial charge in [-0.25, -0.2) is 0 Å². The first-order valence-electron chi connectivity index (χ1n) is 4.89. The third-order valence-electron chi connectivity index (χ3n) is 2.09. The van der Waals surface area contributed by atoms with Crippen LogP contribution < -0.4 is 5.32 Å². The van der Waals surface area contributed by atoms with E-state index in [1.165, 1.54) is 0 Å². The van der Waals surface area contributed by atoms with Gasteiger partial charge >= 0.3 is 0 Å². The van der Waals surface area contributed by atoms with Gasteiger partial charge in [0, 0.05) is 19.6 Å². The minimum absolute atomic E-state index is 0.205. The zero-order valence-electron chi connectivity index (χ0n) is 8.66. The molecule has 0 saturated carbocycles. The lowest BCUT2D eigenvalue weighted by molar-refractivity contribution is 0.261. The van der Waals surface area contributed by atoms with Gasteiger partial charge in [0.05, 0.1) is 6.54 Å². The Kier molecular flexibility index (Phi) is 4.55. The van der Waals surface area contributed by atoms with Crippen molar-refractivity contribution < 1.29 is 9.63 Å². The van der Waals surface area contributed by atoms with Crippen LogP contribution >= 0.6 is 0 Å². The molecule has 5 nitrogen and oxygen atoms in total. The molecule has 0 amide bonds. The molecule has 0 radical (unpaired) electrons. The van der Waals surface area contributed by atoms with E-state index in [9.17, 15) is 0 Å². The van der Waals surface area contributed by atoms with Crippen LogP contribution in [-0.4, -0.2) is 27.9 Å². The van der Waals surface area contributed by atoms with E-state index in [2.05, 4.69) is 22.4 Å². The van der Waals surface area contributed by atoms with Crippen molar-refractivity contribution in [1.29, 1.82) is 0 Å². The molecule has 0 bridgehead atoms. The number of aliphatic hydroxyl groups is 1.